The smallest absolute Gasteiger partial charge is 0.407 e. The molecule has 0 radical (unpaired) electrons. The number of alkyl carbamates (subject to hydrolysis) is 1. The molecule has 0 spiro atoms. The first-order valence-electron chi connectivity index (χ1n) is 5.49. The molecule has 1 heterocycles. The van der Waals surface area contributed by atoms with Crippen LogP contribution in [-0.4, -0.2) is 39.3 Å². The molecule has 0 saturated heterocycles. The Hall–Kier alpha value is -2.12. The molecule has 100 valence electrons. The summed E-state index contributed by atoms with van der Waals surface area (Å²) in [7, 11) is 0. The van der Waals surface area contributed by atoms with E-state index in [1.54, 1.807) is 20.8 Å². The zero-order chi connectivity index (χ0) is 13.6. The van der Waals surface area contributed by atoms with Gasteiger partial charge in [-0.15, -0.1) is 0 Å². The van der Waals surface area contributed by atoms with Crippen LogP contribution < -0.4 is 10.6 Å². The first-order chi connectivity index (χ1) is 8.37. The Balaban J connectivity index is 2.18. The van der Waals surface area contributed by atoms with E-state index in [1.165, 1.54) is 6.33 Å². The maximum atomic E-state index is 11.4. The third kappa shape index (κ3) is 5.83. The van der Waals surface area contributed by atoms with Crippen LogP contribution in [0.1, 0.15) is 27.2 Å². The molecule has 0 bridgehead atoms. The molecule has 1 aromatic rings. The SMILES string of the molecule is CC(C)(C)OC(=O)NCCC(=O)Nc1ncn[nH]1. The molecule has 0 aliphatic heterocycles. The standard InChI is InChI=1S/C10H17N5O3/c1-10(2,3)18-9(17)11-5-4-7(16)14-8-12-6-13-15-8/h6H,4-5H2,1-3H3,(H,11,17)(H2,12,13,14,15,16). The van der Waals surface area contributed by atoms with Crippen molar-refractivity contribution in [3.05, 3.63) is 6.33 Å². The summed E-state index contributed by atoms with van der Waals surface area (Å²) in [5.74, 6) is 0.0000710. The van der Waals surface area contributed by atoms with Crippen molar-refractivity contribution in [2.45, 2.75) is 32.8 Å². The molecule has 8 heteroatoms. The molecular weight excluding hydrogens is 238 g/mol. The Bertz CT molecular complexity index is 396. The normalized spacial score (nSPS) is 10.8. The average molecular weight is 255 g/mol. The molecule has 1 rings (SSSR count). The van der Waals surface area contributed by atoms with Crippen LogP contribution in [0.25, 0.3) is 0 Å². The summed E-state index contributed by atoms with van der Waals surface area (Å²) in [6.07, 6.45) is 0.865. The fraction of sp³-hybridized carbons (Fsp3) is 0.600. The van der Waals surface area contributed by atoms with E-state index in [0.717, 1.165) is 0 Å². The van der Waals surface area contributed by atoms with Crippen LogP contribution in [0.5, 0.6) is 0 Å². The molecular formula is C10H17N5O3. The minimum absolute atomic E-state index is 0.125. The van der Waals surface area contributed by atoms with Crippen LogP contribution in [0, 0.1) is 0 Å². The quantitative estimate of drug-likeness (QED) is 0.732. The largest absolute Gasteiger partial charge is 0.444 e. The highest BCUT2D eigenvalue weighted by Gasteiger charge is 2.15. The van der Waals surface area contributed by atoms with E-state index in [-0.39, 0.29) is 24.8 Å². The fourth-order valence-corrected chi connectivity index (χ4v) is 1.05. The van der Waals surface area contributed by atoms with Gasteiger partial charge < -0.3 is 10.1 Å². The Labute approximate surface area is 105 Å². The topological polar surface area (TPSA) is 109 Å². The third-order valence-corrected chi connectivity index (χ3v) is 1.69. The number of nitrogens with one attached hydrogen (secondary N) is 3. The van der Waals surface area contributed by atoms with E-state index in [0.29, 0.717) is 0 Å². The van der Waals surface area contributed by atoms with Crippen molar-refractivity contribution in [2.75, 3.05) is 11.9 Å². The van der Waals surface area contributed by atoms with Gasteiger partial charge in [0.1, 0.15) is 11.9 Å². The van der Waals surface area contributed by atoms with E-state index in [2.05, 4.69) is 25.8 Å². The second-order valence-corrected chi connectivity index (χ2v) is 4.56. The fourth-order valence-electron chi connectivity index (χ4n) is 1.05. The summed E-state index contributed by atoms with van der Waals surface area (Å²) in [6.45, 7) is 5.49. The number of nitrogens with zero attached hydrogens (tertiary/aromatic N) is 2. The van der Waals surface area contributed by atoms with Crippen molar-refractivity contribution < 1.29 is 14.3 Å². The molecule has 0 saturated carbocycles. The Morgan fingerprint density at radius 1 is 1.44 bits per heavy atom. The Morgan fingerprint density at radius 3 is 2.72 bits per heavy atom. The molecule has 0 fully saturated rings. The lowest BCUT2D eigenvalue weighted by atomic mass is 10.2. The number of hydrogen-bond donors (Lipinski definition) is 3. The van der Waals surface area contributed by atoms with Gasteiger partial charge in [-0.25, -0.2) is 9.89 Å². The summed E-state index contributed by atoms with van der Waals surface area (Å²) >= 11 is 0. The number of amides is 2. The van der Waals surface area contributed by atoms with Crippen LogP contribution in [0.15, 0.2) is 6.33 Å². The van der Waals surface area contributed by atoms with Gasteiger partial charge >= 0.3 is 6.09 Å². The maximum Gasteiger partial charge on any atom is 0.407 e. The van der Waals surface area contributed by atoms with Crippen LogP contribution in [0.4, 0.5) is 10.7 Å². The van der Waals surface area contributed by atoms with Crippen LogP contribution in [0.2, 0.25) is 0 Å². The predicted octanol–water partition coefficient (Wildman–Crippen LogP) is 0.658. The van der Waals surface area contributed by atoms with Crippen molar-refractivity contribution in [3.63, 3.8) is 0 Å². The lowest BCUT2D eigenvalue weighted by molar-refractivity contribution is -0.116. The average Bonchev–Trinajstić information content (AvgIpc) is 2.67. The van der Waals surface area contributed by atoms with E-state index in [1.807, 2.05) is 0 Å². The first kappa shape index (κ1) is 13.9. The summed E-state index contributed by atoms with van der Waals surface area (Å²) in [5, 5.41) is 11.0. The number of carbonyl (C=O) groups is 2. The summed E-state index contributed by atoms with van der Waals surface area (Å²) in [4.78, 5) is 26.4. The summed E-state index contributed by atoms with van der Waals surface area (Å²) in [5.41, 5.74) is -0.549. The second kappa shape index (κ2) is 5.99. The number of carbonyl (C=O) groups excluding carboxylic acids is 2. The van der Waals surface area contributed by atoms with Crippen molar-refractivity contribution in [1.82, 2.24) is 20.5 Å². The minimum atomic E-state index is -0.549. The monoisotopic (exact) mass is 255 g/mol. The lowest BCUT2D eigenvalue weighted by Gasteiger charge is -2.19. The highest BCUT2D eigenvalue weighted by molar-refractivity contribution is 5.89. The lowest BCUT2D eigenvalue weighted by Crippen LogP contribution is -2.34. The molecule has 0 unspecified atom stereocenters. The zero-order valence-corrected chi connectivity index (χ0v) is 10.6. The highest BCUT2D eigenvalue weighted by atomic mass is 16.6. The summed E-state index contributed by atoms with van der Waals surface area (Å²) < 4.78 is 5.02. The number of aromatic amines is 1. The van der Waals surface area contributed by atoms with E-state index in [9.17, 15) is 9.59 Å². The van der Waals surface area contributed by atoms with Crippen molar-refractivity contribution >= 4 is 17.9 Å². The highest BCUT2D eigenvalue weighted by Crippen LogP contribution is 2.06. The number of aromatic nitrogens is 3. The van der Waals surface area contributed by atoms with Crippen molar-refractivity contribution in [1.29, 1.82) is 0 Å². The summed E-state index contributed by atoms with van der Waals surface area (Å²) in [6, 6.07) is 0. The van der Waals surface area contributed by atoms with Crippen molar-refractivity contribution in [3.8, 4) is 0 Å². The van der Waals surface area contributed by atoms with Crippen molar-refractivity contribution in [2.24, 2.45) is 0 Å². The Kier molecular flexibility index (Phi) is 4.64. The number of ether oxygens (including phenoxy) is 1. The molecule has 8 nitrogen and oxygen atoms in total. The molecule has 0 aliphatic carbocycles. The van der Waals surface area contributed by atoms with Gasteiger partial charge in [0.25, 0.3) is 0 Å². The number of hydrogen-bond acceptors (Lipinski definition) is 5. The van der Waals surface area contributed by atoms with Crippen LogP contribution in [-0.2, 0) is 9.53 Å². The van der Waals surface area contributed by atoms with E-state index >= 15 is 0 Å². The molecule has 2 amide bonds. The van der Waals surface area contributed by atoms with Crippen LogP contribution in [0.3, 0.4) is 0 Å². The number of H-pyrrole nitrogens is 1. The molecule has 18 heavy (non-hydrogen) atoms. The number of anilines is 1. The third-order valence-electron chi connectivity index (χ3n) is 1.69. The van der Waals surface area contributed by atoms with Crippen LogP contribution >= 0.6 is 0 Å². The van der Waals surface area contributed by atoms with Gasteiger partial charge in [0.2, 0.25) is 11.9 Å². The Morgan fingerprint density at radius 2 is 2.17 bits per heavy atom. The van der Waals surface area contributed by atoms with Gasteiger partial charge in [0, 0.05) is 13.0 Å². The number of rotatable bonds is 4. The minimum Gasteiger partial charge on any atom is -0.444 e. The van der Waals surface area contributed by atoms with E-state index < -0.39 is 11.7 Å². The van der Waals surface area contributed by atoms with Gasteiger partial charge in [0.05, 0.1) is 0 Å². The molecule has 0 atom stereocenters. The zero-order valence-electron chi connectivity index (χ0n) is 10.6. The van der Waals surface area contributed by atoms with Gasteiger partial charge in [-0.05, 0) is 20.8 Å². The van der Waals surface area contributed by atoms with E-state index in [4.69, 9.17) is 4.74 Å². The molecule has 0 aliphatic rings. The predicted molar refractivity (Wildman–Crippen MR) is 63.9 cm³/mol. The second-order valence-electron chi connectivity index (χ2n) is 4.56. The van der Waals surface area contributed by atoms with Gasteiger partial charge in [0.15, 0.2) is 0 Å². The van der Waals surface area contributed by atoms with Gasteiger partial charge in [-0.1, -0.05) is 0 Å². The molecule has 0 aromatic carbocycles. The first-order valence-corrected chi connectivity index (χ1v) is 5.49. The molecule has 1 aromatic heterocycles. The van der Waals surface area contributed by atoms with Gasteiger partial charge in [-0.2, -0.15) is 10.1 Å². The maximum absolute atomic E-state index is 11.4. The van der Waals surface area contributed by atoms with Gasteiger partial charge in [-0.3, -0.25) is 10.1 Å². The molecule has 3 N–H and O–H groups in total.